The minimum atomic E-state index is -0.921. The van der Waals surface area contributed by atoms with Gasteiger partial charge in [-0.2, -0.15) is 0 Å². The standard InChI is InChI=1S/C22H22N4O4S2/c1-25(2)21-24-18-15(32-21)11-16(31-18)19(28)30-12-17(27)26-14-8-4-3-7-13(14)23-20(29)22(26)9-5-6-10-22/h3-4,7-8,11H,5-6,9-10,12H2,1-2H3,(H,23,29). The molecule has 5 rings (SSSR count). The summed E-state index contributed by atoms with van der Waals surface area (Å²) in [4.78, 5) is 48.1. The second kappa shape index (κ2) is 7.86. The summed E-state index contributed by atoms with van der Waals surface area (Å²) in [5.74, 6) is -1.13. The molecular weight excluding hydrogens is 448 g/mol. The van der Waals surface area contributed by atoms with Crippen LogP contribution in [0.15, 0.2) is 30.3 Å². The van der Waals surface area contributed by atoms with Crippen LogP contribution in [-0.2, 0) is 14.3 Å². The fraction of sp³-hybridized carbons (Fsp3) is 0.364. The Kier molecular flexibility index (Phi) is 5.13. The Morgan fingerprint density at radius 2 is 1.97 bits per heavy atom. The number of thiophene rings is 1. The molecule has 2 amide bonds. The number of anilines is 3. The molecule has 0 unspecified atom stereocenters. The highest BCUT2D eigenvalue weighted by molar-refractivity contribution is 7.29. The van der Waals surface area contributed by atoms with E-state index in [2.05, 4.69) is 10.3 Å². The highest BCUT2D eigenvalue weighted by atomic mass is 32.1. The first-order chi connectivity index (χ1) is 15.4. The molecule has 10 heteroatoms. The van der Waals surface area contributed by atoms with Crippen molar-refractivity contribution in [2.45, 2.75) is 31.2 Å². The van der Waals surface area contributed by atoms with Gasteiger partial charge in [-0.15, -0.1) is 11.3 Å². The molecule has 0 radical (unpaired) electrons. The summed E-state index contributed by atoms with van der Waals surface area (Å²) in [5.41, 5.74) is 0.318. The lowest BCUT2D eigenvalue weighted by atomic mass is 9.90. The van der Waals surface area contributed by atoms with Crippen molar-refractivity contribution in [1.29, 1.82) is 0 Å². The quantitative estimate of drug-likeness (QED) is 0.582. The Hall–Kier alpha value is -2.98. The fourth-order valence-corrected chi connectivity index (χ4v) is 6.43. The molecule has 2 aliphatic rings. The van der Waals surface area contributed by atoms with Gasteiger partial charge in [0.25, 0.3) is 11.8 Å². The molecule has 0 bridgehead atoms. The topological polar surface area (TPSA) is 91.8 Å². The van der Waals surface area contributed by atoms with Gasteiger partial charge in [-0.3, -0.25) is 14.5 Å². The zero-order chi connectivity index (χ0) is 22.5. The number of esters is 1. The SMILES string of the molecule is CN(C)c1nc2sc(C(=O)OCC(=O)N3c4ccccc4NC(=O)C34CCCC4)cc2s1. The molecule has 8 nitrogen and oxygen atoms in total. The van der Waals surface area contributed by atoms with Gasteiger partial charge in [0, 0.05) is 14.1 Å². The maximum absolute atomic E-state index is 13.3. The van der Waals surface area contributed by atoms with Crippen molar-refractivity contribution in [3.63, 3.8) is 0 Å². The van der Waals surface area contributed by atoms with Crippen LogP contribution < -0.4 is 15.1 Å². The summed E-state index contributed by atoms with van der Waals surface area (Å²) in [6.07, 6.45) is 2.92. The number of hydrogen-bond donors (Lipinski definition) is 1. The zero-order valence-corrected chi connectivity index (χ0v) is 19.3. The smallest absolute Gasteiger partial charge is 0.348 e. The predicted molar refractivity (Wildman–Crippen MR) is 126 cm³/mol. The third kappa shape index (κ3) is 3.34. The molecule has 0 atom stereocenters. The average molecular weight is 471 g/mol. The van der Waals surface area contributed by atoms with Crippen molar-refractivity contribution in [3.8, 4) is 0 Å². The normalized spacial score (nSPS) is 16.8. The fourth-order valence-electron chi connectivity index (χ4n) is 4.41. The molecule has 1 N–H and O–H groups in total. The molecule has 166 valence electrons. The van der Waals surface area contributed by atoms with Gasteiger partial charge in [0.15, 0.2) is 11.7 Å². The first kappa shape index (κ1) is 20.9. The number of aromatic nitrogens is 1. The second-order valence-electron chi connectivity index (χ2n) is 8.19. The van der Waals surface area contributed by atoms with E-state index in [-0.39, 0.29) is 5.91 Å². The molecule has 32 heavy (non-hydrogen) atoms. The number of nitrogens with one attached hydrogen (secondary N) is 1. The third-order valence-electron chi connectivity index (χ3n) is 5.91. The van der Waals surface area contributed by atoms with Crippen molar-refractivity contribution in [3.05, 3.63) is 35.2 Å². The average Bonchev–Trinajstić information content (AvgIpc) is 3.48. The number of nitrogens with zero attached hydrogens (tertiary/aromatic N) is 3. The van der Waals surface area contributed by atoms with Crippen LogP contribution >= 0.6 is 22.7 Å². The number of carbonyl (C=O) groups excluding carboxylic acids is 3. The van der Waals surface area contributed by atoms with Gasteiger partial charge in [-0.25, -0.2) is 9.78 Å². The van der Waals surface area contributed by atoms with Crippen molar-refractivity contribution >= 4 is 66.5 Å². The highest BCUT2D eigenvalue weighted by Gasteiger charge is 2.52. The van der Waals surface area contributed by atoms with Crippen LogP contribution in [0.4, 0.5) is 16.5 Å². The Bertz CT molecular complexity index is 1190. The van der Waals surface area contributed by atoms with E-state index >= 15 is 0 Å². The summed E-state index contributed by atoms with van der Waals surface area (Å²) < 4.78 is 6.29. The van der Waals surface area contributed by atoms with Crippen LogP contribution in [0.5, 0.6) is 0 Å². The van der Waals surface area contributed by atoms with E-state index in [1.165, 1.54) is 22.7 Å². The van der Waals surface area contributed by atoms with Crippen LogP contribution in [0.2, 0.25) is 0 Å². The van der Waals surface area contributed by atoms with Gasteiger partial charge < -0.3 is 15.0 Å². The number of rotatable bonds is 4. The molecule has 2 aromatic heterocycles. The first-order valence-corrected chi connectivity index (χ1v) is 12.0. The van der Waals surface area contributed by atoms with Crippen LogP contribution in [0, 0.1) is 0 Å². The van der Waals surface area contributed by atoms with E-state index in [0.717, 1.165) is 27.5 Å². The van der Waals surface area contributed by atoms with Crippen LogP contribution in [-0.4, -0.2) is 49.0 Å². The lowest BCUT2D eigenvalue weighted by Gasteiger charge is -2.44. The van der Waals surface area contributed by atoms with Crippen molar-refractivity contribution in [1.82, 2.24) is 4.98 Å². The van der Waals surface area contributed by atoms with Gasteiger partial charge in [0.1, 0.15) is 15.2 Å². The zero-order valence-electron chi connectivity index (χ0n) is 17.7. The molecule has 1 aliphatic heterocycles. The molecule has 0 saturated heterocycles. The van der Waals surface area contributed by atoms with Crippen molar-refractivity contribution in [2.75, 3.05) is 35.8 Å². The number of thiazole rings is 1. The predicted octanol–water partition coefficient (Wildman–Crippen LogP) is 3.88. The number of hydrogen-bond acceptors (Lipinski definition) is 8. The number of para-hydroxylation sites is 2. The third-order valence-corrected chi connectivity index (χ3v) is 8.22. The molecular formula is C22H22N4O4S2. The number of fused-ring (bicyclic) bond motifs is 2. The summed E-state index contributed by atoms with van der Waals surface area (Å²) in [5, 5.41) is 3.81. The maximum Gasteiger partial charge on any atom is 0.348 e. The van der Waals surface area contributed by atoms with E-state index in [9.17, 15) is 14.4 Å². The summed E-state index contributed by atoms with van der Waals surface area (Å²) in [6.45, 7) is -0.426. The number of ether oxygens (including phenoxy) is 1. The molecule has 1 saturated carbocycles. The Morgan fingerprint density at radius 3 is 2.69 bits per heavy atom. The Balaban J connectivity index is 1.36. The molecule has 3 heterocycles. The first-order valence-electron chi connectivity index (χ1n) is 10.4. The largest absolute Gasteiger partial charge is 0.451 e. The summed E-state index contributed by atoms with van der Waals surface area (Å²) in [7, 11) is 3.83. The summed E-state index contributed by atoms with van der Waals surface area (Å²) in [6, 6.07) is 8.98. The lowest BCUT2D eigenvalue weighted by Crippen LogP contribution is -2.61. The minimum absolute atomic E-state index is 0.172. The van der Waals surface area contributed by atoms with Crippen molar-refractivity contribution < 1.29 is 19.1 Å². The van der Waals surface area contributed by atoms with Gasteiger partial charge in [0.05, 0.1) is 16.1 Å². The van der Waals surface area contributed by atoms with Crippen molar-refractivity contribution in [2.24, 2.45) is 0 Å². The molecule has 1 aromatic carbocycles. The highest BCUT2D eigenvalue weighted by Crippen LogP contribution is 2.45. The Labute approximate surface area is 192 Å². The Morgan fingerprint density at radius 1 is 1.22 bits per heavy atom. The minimum Gasteiger partial charge on any atom is -0.451 e. The molecule has 3 aromatic rings. The van der Waals surface area contributed by atoms with Gasteiger partial charge >= 0.3 is 5.97 Å². The van der Waals surface area contributed by atoms with Gasteiger partial charge in [-0.05, 0) is 31.0 Å². The molecule has 1 aliphatic carbocycles. The lowest BCUT2D eigenvalue weighted by molar-refractivity contribution is -0.129. The monoisotopic (exact) mass is 470 g/mol. The van der Waals surface area contributed by atoms with Gasteiger partial charge in [-0.1, -0.05) is 36.3 Å². The van der Waals surface area contributed by atoms with Crippen LogP contribution in [0.25, 0.3) is 9.53 Å². The van der Waals surface area contributed by atoms with E-state index in [0.29, 0.717) is 29.1 Å². The molecule has 1 fully saturated rings. The number of carbonyl (C=O) groups is 3. The number of amides is 2. The van der Waals surface area contributed by atoms with E-state index in [1.807, 2.05) is 37.2 Å². The van der Waals surface area contributed by atoms with Crippen LogP contribution in [0.1, 0.15) is 35.4 Å². The summed E-state index contributed by atoms with van der Waals surface area (Å²) >= 11 is 2.74. The van der Waals surface area contributed by atoms with E-state index in [1.54, 1.807) is 17.0 Å². The van der Waals surface area contributed by atoms with Gasteiger partial charge in [0.2, 0.25) is 0 Å². The maximum atomic E-state index is 13.3. The van der Waals surface area contributed by atoms with E-state index in [4.69, 9.17) is 4.74 Å². The second-order valence-corrected chi connectivity index (χ2v) is 10.2. The van der Waals surface area contributed by atoms with E-state index < -0.39 is 24.0 Å². The number of benzene rings is 1. The van der Waals surface area contributed by atoms with Crippen LogP contribution in [0.3, 0.4) is 0 Å². The molecule has 1 spiro atoms.